The van der Waals surface area contributed by atoms with Gasteiger partial charge in [0.1, 0.15) is 0 Å². The summed E-state index contributed by atoms with van der Waals surface area (Å²) in [6.07, 6.45) is 1.90. The zero-order chi connectivity index (χ0) is 13.0. The molecule has 2 aromatic rings. The fourth-order valence-corrected chi connectivity index (χ4v) is 2.50. The molecule has 0 aliphatic rings. The highest BCUT2D eigenvalue weighted by Crippen LogP contribution is 2.26. The van der Waals surface area contributed by atoms with E-state index in [1.165, 1.54) is 10.5 Å². The van der Waals surface area contributed by atoms with Crippen LogP contribution in [0.3, 0.4) is 0 Å². The molecule has 0 aliphatic carbocycles. The molecule has 0 aliphatic heterocycles. The Labute approximate surface area is 111 Å². The number of thioether (sulfide) groups is 1. The van der Waals surface area contributed by atoms with E-state index in [4.69, 9.17) is 10.3 Å². The summed E-state index contributed by atoms with van der Waals surface area (Å²) in [6, 6.07) is 5.91. The highest BCUT2D eigenvalue weighted by molar-refractivity contribution is 7.98. The largest absolute Gasteiger partial charge is 0.399 e. The first kappa shape index (κ1) is 13.0. The maximum atomic E-state index is 5.72. The van der Waals surface area contributed by atoms with E-state index in [-0.39, 0.29) is 0 Å². The maximum Gasteiger partial charge on any atom is 0.237 e. The van der Waals surface area contributed by atoms with Gasteiger partial charge in [-0.3, -0.25) is 0 Å². The number of nitrogens with two attached hydrogens (primary N) is 1. The molecule has 18 heavy (non-hydrogen) atoms. The molecule has 96 valence electrons. The summed E-state index contributed by atoms with van der Waals surface area (Å²) in [5.74, 6) is 2.17. The summed E-state index contributed by atoms with van der Waals surface area (Å²) in [5, 5.41) is 3.94. The average Bonchev–Trinajstić information content (AvgIpc) is 2.76. The van der Waals surface area contributed by atoms with Crippen molar-refractivity contribution in [3.05, 3.63) is 35.5 Å². The molecule has 0 saturated carbocycles. The van der Waals surface area contributed by atoms with Gasteiger partial charge in [-0.2, -0.15) is 4.98 Å². The first-order valence-corrected chi connectivity index (χ1v) is 6.98. The van der Waals surface area contributed by atoms with E-state index >= 15 is 0 Å². The van der Waals surface area contributed by atoms with Crippen LogP contribution in [0.4, 0.5) is 5.69 Å². The summed E-state index contributed by atoms with van der Waals surface area (Å²) in [4.78, 5) is 5.53. The van der Waals surface area contributed by atoms with Gasteiger partial charge in [0.2, 0.25) is 5.89 Å². The number of aromatic nitrogens is 2. The van der Waals surface area contributed by atoms with Crippen LogP contribution in [0, 0.1) is 6.92 Å². The second-order valence-electron chi connectivity index (χ2n) is 4.17. The molecule has 0 spiro atoms. The molecule has 1 aromatic heterocycles. The van der Waals surface area contributed by atoms with E-state index in [2.05, 4.69) is 24.0 Å². The average molecular weight is 263 g/mol. The lowest BCUT2D eigenvalue weighted by Crippen LogP contribution is -1.89. The quantitative estimate of drug-likeness (QED) is 0.663. The zero-order valence-electron chi connectivity index (χ0n) is 10.6. The van der Waals surface area contributed by atoms with Crippen molar-refractivity contribution in [2.75, 3.05) is 5.73 Å². The van der Waals surface area contributed by atoms with Crippen molar-refractivity contribution in [3.63, 3.8) is 0 Å². The first-order chi connectivity index (χ1) is 8.69. The summed E-state index contributed by atoms with van der Waals surface area (Å²) < 4.78 is 5.20. The van der Waals surface area contributed by atoms with Crippen LogP contribution in [0.25, 0.3) is 0 Å². The molecular weight excluding hydrogens is 246 g/mol. The topological polar surface area (TPSA) is 64.9 Å². The highest BCUT2D eigenvalue weighted by Gasteiger charge is 2.07. The Balaban J connectivity index is 1.97. The maximum absolute atomic E-state index is 5.72. The molecular formula is C13H17N3OS. The van der Waals surface area contributed by atoms with Crippen molar-refractivity contribution in [2.24, 2.45) is 0 Å². The van der Waals surface area contributed by atoms with Gasteiger partial charge in [-0.15, -0.1) is 11.8 Å². The molecule has 0 unspecified atom stereocenters. The molecule has 2 N–H and O–H groups in total. The Morgan fingerprint density at radius 2 is 2.22 bits per heavy atom. The van der Waals surface area contributed by atoms with Gasteiger partial charge in [0.05, 0.1) is 5.75 Å². The lowest BCUT2D eigenvalue weighted by atomic mass is 10.2. The smallest absolute Gasteiger partial charge is 0.237 e. The third kappa shape index (κ3) is 3.26. The fraction of sp³-hybridized carbons (Fsp3) is 0.385. The van der Waals surface area contributed by atoms with Gasteiger partial charge in [-0.25, -0.2) is 0 Å². The number of benzene rings is 1. The van der Waals surface area contributed by atoms with Crippen LogP contribution in [-0.4, -0.2) is 10.1 Å². The summed E-state index contributed by atoms with van der Waals surface area (Å²) in [5.41, 5.74) is 7.69. The normalized spacial score (nSPS) is 10.8. The molecule has 0 atom stereocenters. The summed E-state index contributed by atoms with van der Waals surface area (Å²) >= 11 is 1.69. The monoisotopic (exact) mass is 263 g/mol. The first-order valence-electron chi connectivity index (χ1n) is 5.99. The van der Waals surface area contributed by atoms with Crippen LogP contribution < -0.4 is 5.73 Å². The van der Waals surface area contributed by atoms with Crippen LogP contribution in [0.15, 0.2) is 27.6 Å². The Bertz CT molecular complexity index is 525. The van der Waals surface area contributed by atoms with Gasteiger partial charge in [-0.1, -0.05) is 12.1 Å². The number of hydrogen-bond acceptors (Lipinski definition) is 5. The molecule has 2 rings (SSSR count). The molecule has 1 heterocycles. The molecule has 5 heteroatoms. The Kier molecular flexibility index (Phi) is 4.25. The van der Waals surface area contributed by atoms with Gasteiger partial charge in [-0.05, 0) is 37.1 Å². The van der Waals surface area contributed by atoms with Gasteiger partial charge in [0.15, 0.2) is 5.82 Å². The van der Waals surface area contributed by atoms with Crippen molar-refractivity contribution in [1.29, 1.82) is 0 Å². The Hall–Kier alpha value is -1.49. The molecule has 0 saturated heterocycles. The van der Waals surface area contributed by atoms with Crippen molar-refractivity contribution < 1.29 is 4.52 Å². The molecule has 4 nitrogen and oxygen atoms in total. The minimum Gasteiger partial charge on any atom is -0.399 e. The Morgan fingerprint density at radius 3 is 2.94 bits per heavy atom. The minimum atomic E-state index is 0.680. The van der Waals surface area contributed by atoms with E-state index in [0.29, 0.717) is 11.6 Å². The fourth-order valence-electron chi connectivity index (χ4n) is 1.65. The Morgan fingerprint density at radius 1 is 1.39 bits per heavy atom. The number of anilines is 1. The number of rotatable bonds is 5. The molecule has 0 amide bonds. The van der Waals surface area contributed by atoms with Crippen LogP contribution in [0.5, 0.6) is 0 Å². The van der Waals surface area contributed by atoms with Crippen molar-refractivity contribution in [1.82, 2.24) is 10.1 Å². The van der Waals surface area contributed by atoms with Crippen molar-refractivity contribution in [3.8, 4) is 0 Å². The number of nitrogens with zero attached hydrogens (tertiary/aromatic N) is 2. The van der Waals surface area contributed by atoms with E-state index in [1.54, 1.807) is 11.8 Å². The summed E-state index contributed by atoms with van der Waals surface area (Å²) in [6.45, 7) is 4.15. The SMILES string of the molecule is CCCc1noc(CSc2ccc(N)cc2C)n1. The van der Waals surface area contributed by atoms with Gasteiger partial charge < -0.3 is 10.3 Å². The summed E-state index contributed by atoms with van der Waals surface area (Å²) in [7, 11) is 0. The second kappa shape index (κ2) is 5.91. The van der Waals surface area contributed by atoms with E-state index in [1.807, 2.05) is 18.2 Å². The molecule has 0 radical (unpaired) electrons. The van der Waals surface area contributed by atoms with Crippen LogP contribution in [0.1, 0.15) is 30.6 Å². The third-order valence-corrected chi connectivity index (χ3v) is 3.69. The lowest BCUT2D eigenvalue weighted by Gasteiger charge is -2.04. The van der Waals surface area contributed by atoms with Crippen LogP contribution >= 0.6 is 11.8 Å². The van der Waals surface area contributed by atoms with Crippen molar-refractivity contribution in [2.45, 2.75) is 37.3 Å². The third-order valence-electron chi connectivity index (χ3n) is 2.53. The highest BCUT2D eigenvalue weighted by atomic mass is 32.2. The molecule has 0 fully saturated rings. The molecule has 0 bridgehead atoms. The van der Waals surface area contributed by atoms with Gasteiger partial charge >= 0.3 is 0 Å². The number of aryl methyl sites for hydroxylation is 2. The standard InChI is InChI=1S/C13H17N3OS/c1-3-4-12-15-13(17-16-12)8-18-11-6-5-10(14)7-9(11)2/h5-7H,3-4,8,14H2,1-2H3. The van der Waals surface area contributed by atoms with E-state index in [9.17, 15) is 0 Å². The van der Waals surface area contributed by atoms with Gasteiger partial charge in [0, 0.05) is 17.0 Å². The predicted molar refractivity (Wildman–Crippen MR) is 73.4 cm³/mol. The minimum absolute atomic E-state index is 0.680. The zero-order valence-corrected chi connectivity index (χ0v) is 11.5. The lowest BCUT2D eigenvalue weighted by molar-refractivity contribution is 0.384. The van der Waals surface area contributed by atoms with Crippen LogP contribution in [0.2, 0.25) is 0 Å². The molecule has 1 aromatic carbocycles. The van der Waals surface area contributed by atoms with Crippen molar-refractivity contribution >= 4 is 17.4 Å². The predicted octanol–water partition coefficient (Wildman–Crippen LogP) is 3.21. The number of hydrogen-bond donors (Lipinski definition) is 1. The van der Waals surface area contributed by atoms with E-state index < -0.39 is 0 Å². The second-order valence-corrected chi connectivity index (χ2v) is 5.19. The van der Waals surface area contributed by atoms with Crippen LogP contribution in [-0.2, 0) is 12.2 Å². The van der Waals surface area contributed by atoms with E-state index in [0.717, 1.165) is 24.4 Å². The number of nitrogen functional groups attached to an aromatic ring is 1. The van der Waals surface area contributed by atoms with Gasteiger partial charge in [0.25, 0.3) is 0 Å².